The van der Waals surface area contributed by atoms with Crippen LogP contribution in [-0.2, 0) is 0 Å². The van der Waals surface area contributed by atoms with E-state index in [1.807, 2.05) is 6.92 Å². The number of hydrogen-bond donors (Lipinski definition) is 4. The molecule has 0 amide bonds. The fourth-order valence-corrected chi connectivity index (χ4v) is 1.05. The standard InChI is InChI=1S/C2H11IN5O.CH3.Np/c1-2-6-7-3(9)8(4)5;;/h7,9H,2,4-5H2,1H3;1H3;/q2*-1;. The van der Waals surface area contributed by atoms with Gasteiger partial charge in [-0.15, -0.1) is 0 Å². The molecule has 6 N–H and O–H groups in total. The van der Waals surface area contributed by atoms with Crippen molar-refractivity contribution in [2.45, 2.75) is 6.92 Å². The Hall–Kier alpha value is 1.50. The van der Waals surface area contributed by atoms with Gasteiger partial charge in [-0.1, -0.05) is 0 Å². The topological polar surface area (TPSA) is 102 Å². The number of nitrogens with zero attached hydrogens (tertiary/aromatic N) is 2. The zero-order valence-electron chi connectivity index (χ0n) is 6.53. The first-order valence-electron chi connectivity index (χ1n) is 2.29. The Morgan fingerprint density at radius 3 is 2.36 bits per heavy atom. The SMILES string of the molecule is CC[N-]NI(O)N(N)N.[CH3-].[Np]. The van der Waals surface area contributed by atoms with Crippen LogP contribution in [0.2, 0.25) is 0 Å². The second-order valence-electron chi connectivity index (χ2n) is 1.15. The van der Waals surface area contributed by atoms with Crippen molar-refractivity contribution in [3.05, 3.63) is 12.9 Å². The van der Waals surface area contributed by atoms with Crippen molar-refractivity contribution < 1.29 is 33.4 Å². The molecule has 0 fully saturated rings. The van der Waals surface area contributed by atoms with Gasteiger partial charge in [-0.3, -0.25) is 0 Å². The maximum absolute atomic E-state index is 8.89. The minimum absolute atomic E-state index is 0. The van der Waals surface area contributed by atoms with Crippen molar-refractivity contribution in [2.75, 3.05) is 6.54 Å². The summed E-state index contributed by atoms with van der Waals surface area (Å²) in [5.41, 5.74) is 3.66. The van der Waals surface area contributed by atoms with Crippen LogP contribution >= 0.6 is 20.8 Å². The van der Waals surface area contributed by atoms with E-state index in [9.17, 15) is 0 Å². The molecule has 71 valence electrons. The summed E-state index contributed by atoms with van der Waals surface area (Å²) >= 11 is -2.48. The average Bonchev–Trinajstić information content (AvgIpc) is 1.82. The maximum atomic E-state index is 8.89. The number of nitrogens with two attached hydrogens (primary N) is 2. The van der Waals surface area contributed by atoms with Gasteiger partial charge in [0.1, 0.15) is 0 Å². The molecule has 8 heteroatoms. The molecule has 0 aromatic heterocycles. The summed E-state index contributed by atoms with van der Waals surface area (Å²) in [4.78, 5) is 0. The molecule has 0 spiro atoms. The molecular formula is C3H14IN5NpO-2. The molecule has 0 saturated carbocycles. The monoisotopic (exact) mass is 499 g/mol. The first kappa shape index (κ1) is 18.3. The molecule has 0 bridgehead atoms. The number of hydrogen-bond acceptors (Lipinski definition) is 5. The van der Waals surface area contributed by atoms with Gasteiger partial charge < -0.3 is 7.43 Å². The first-order chi connectivity index (χ1) is 4.18. The Labute approximate surface area is 98.3 Å². The van der Waals surface area contributed by atoms with Gasteiger partial charge in [-0.25, -0.2) is 0 Å². The van der Waals surface area contributed by atoms with Gasteiger partial charge in [-0.2, -0.15) is 0 Å². The summed E-state index contributed by atoms with van der Waals surface area (Å²) in [6.45, 7) is 2.44. The number of rotatable bonds is 4. The fourth-order valence-electron chi connectivity index (χ4n) is 0.157. The van der Waals surface area contributed by atoms with Gasteiger partial charge in [0.15, 0.2) is 0 Å². The normalized spacial score (nSPS) is 10.1. The summed E-state index contributed by atoms with van der Waals surface area (Å²) in [7, 11) is 0. The molecule has 11 heavy (non-hydrogen) atoms. The van der Waals surface area contributed by atoms with E-state index in [1.165, 1.54) is 0 Å². The minimum Gasteiger partial charge on any atom is -0.358 e. The summed E-state index contributed by atoms with van der Waals surface area (Å²) in [6.07, 6.45) is 0. The molecule has 0 aromatic carbocycles. The number of halogens is 1. The molecule has 0 aliphatic heterocycles. The maximum Gasteiger partial charge on any atom is 0 e. The number of hydrazine groups is 2. The predicted molar refractivity (Wildman–Crippen MR) is 49.9 cm³/mol. The third kappa shape index (κ3) is 11.5. The van der Waals surface area contributed by atoms with Gasteiger partial charge in [0.2, 0.25) is 0 Å². The van der Waals surface area contributed by atoms with Crippen molar-refractivity contribution in [1.29, 1.82) is 0 Å². The molecule has 0 rings (SSSR count). The zero-order valence-corrected chi connectivity index (χ0v) is 12.4. The van der Waals surface area contributed by atoms with Crippen LogP contribution in [0.1, 0.15) is 6.92 Å². The van der Waals surface area contributed by atoms with Crippen molar-refractivity contribution in [2.24, 2.45) is 11.7 Å². The van der Waals surface area contributed by atoms with Crippen LogP contribution in [0.3, 0.4) is 0 Å². The van der Waals surface area contributed by atoms with Crippen LogP contribution in [0.15, 0.2) is 0 Å². The first-order valence-corrected chi connectivity index (χ1v) is 5.30. The molecule has 0 unspecified atom stereocenters. The van der Waals surface area contributed by atoms with Crippen LogP contribution in [-0.4, -0.2) is 13.3 Å². The Morgan fingerprint density at radius 2 is 2.09 bits per heavy atom. The third-order valence-corrected chi connectivity index (χ3v) is 2.31. The smallest absolute Gasteiger partial charge is 0 e. The molecule has 1 radical (unpaired) electrons. The zero-order chi connectivity index (χ0) is 7.28. The summed E-state index contributed by atoms with van der Waals surface area (Å²) in [5, 5.41) is 0. The van der Waals surface area contributed by atoms with Crippen molar-refractivity contribution in [1.82, 2.24) is 6.97 Å². The van der Waals surface area contributed by atoms with Crippen molar-refractivity contribution in [3.8, 4) is 0 Å². The van der Waals surface area contributed by atoms with E-state index >= 15 is 0 Å². The number of nitrogens with one attached hydrogen (secondary N) is 1. The summed E-state index contributed by atoms with van der Waals surface area (Å²) < 4.78 is 12.1. The van der Waals surface area contributed by atoms with Gasteiger partial charge in [-0.05, 0) is 0 Å². The second kappa shape index (κ2) is 11.5. The van der Waals surface area contributed by atoms with Crippen molar-refractivity contribution in [3.63, 3.8) is 0 Å². The molecule has 0 aliphatic rings. The van der Waals surface area contributed by atoms with E-state index in [-0.39, 0.29) is 37.4 Å². The second-order valence-corrected chi connectivity index (χ2v) is 4.14. The van der Waals surface area contributed by atoms with Gasteiger partial charge in [0.25, 0.3) is 0 Å². The van der Waals surface area contributed by atoms with Crippen LogP contribution in [0.4, 0.5) is 0 Å². The Kier molecular flexibility index (Phi) is 19.2. The molecule has 0 aliphatic carbocycles. The van der Waals surface area contributed by atoms with Gasteiger partial charge >= 0.3 is 61.8 Å². The molecule has 0 aromatic rings. The van der Waals surface area contributed by atoms with Crippen LogP contribution in [0.25, 0.3) is 5.43 Å². The van der Waals surface area contributed by atoms with Gasteiger partial charge in [0.05, 0.1) is 0 Å². The average molecular weight is 500 g/mol. The molecule has 0 heterocycles. The van der Waals surface area contributed by atoms with Crippen LogP contribution in [0.5, 0.6) is 0 Å². The summed E-state index contributed by atoms with van der Waals surface area (Å²) in [5.74, 6) is 9.97. The summed E-state index contributed by atoms with van der Waals surface area (Å²) in [6, 6.07) is 0. The van der Waals surface area contributed by atoms with E-state index in [4.69, 9.17) is 15.1 Å². The van der Waals surface area contributed by atoms with E-state index in [2.05, 4.69) is 9.06 Å². The van der Waals surface area contributed by atoms with E-state index < -0.39 is 20.8 Å². The molecule has 6 nitrogen and oxygen atoms in total. The van der Waals surface area contributed by atoms with Crippen molar-refractivity contribution >= 4 is 20.8 Å². The Bertz CT molecular complexity index is 76.7. The fraction of sp³-hybridized carbons (Fsp3) is 0.667. The van der Waals surface area contributed by atoms with E-state index in [0.717, 1.165) is 3.33 Å². The van der Waals surface area contributed by atoms with Gasteiger partial charge in [0, 0.05) is 29.9 Å². The van der Waals surface area contributed by atoms with Crippen LogP contribution in [0, 0.1) is 37.4 Å². The molecular weight excluding hydrogens is 486 g/mol. The molecule has 0 atom stereocenters. The minimum atomic E-state index is -2.48. The van der Waals surface area contributed by atoms with E-state index in [0.29, 0.717) is 6.54 Å². The molecule has 0 saturated heterocycles. The third-order valence-electron chi connectivity index (χ3n) is 0.478. The van der Waals surface area contributed by atoms with E-state index in [1.54, 1.807) is 0 Å². The largest absolute Gasteiger partial charge is 0.358 e. The predicted octanol–water partition coefficient (Wildman–Crippen LogP) is -0.372. The Morgan fingerprint density at radius 1 is 1.64 bits per heavy atom. The quantitative estimate of drug-likeness (QED) is 0.139. The Balaban J connectivity index is -0.000000320. The van der Waals surface area contributed by atoms with Crippen LogP contribution < -0.4 is 15.3 Å².